The smallest absolute Gasteiger partial charge is 0.139 e. The predicted molar refractivity (Wildman–Crippen MR) is 96.4 cm³/mol. The SMILES string of the molecule is CCCN(C)CCOc1cc2c(-c3cccc(C)c3)ncnn2c1. The second-order valence-electron chi connectivity index (χ2n) is 6.14. The Morgan fingerprint density at radius 3 is 2.88 bits per heavy atom. The largest absolute Gasteiger partial charge is 0.491 e. The van der Waals surface area contributed by atoms with Gasteiger partial charge in [-0.25, -0.2) is 9.50 Å². The minimum atomic E-state index is 0.667. The average Bonchev–Trinajstić information content (AvgIpc) is 2.97. The Hall–Kier alpha value is -2.40. The van der Waals surface area contributed by atoms with E-state index in [2.05, 4.69) is 54.1 Å². The lowest BCUT2D eigenvalue weighted by Crippen LogP contribution is -2.24. The number of benzene rings is 1. The van der Waals surface area contributed by atoms with Crippen LogP contribution in [-0.2, 0) is 0 Å². The summed E-state index contributed by atoms with van der Waals surface area (Å²) in [6.45, 7) is 6.94. The van der Waals surface area contributed by atoms with Crippen LogP contribution < -0.4 is 4.74 Å². The molecule has 0 N–H and O–H groups in total. The van der Waals surface area contributed by atoms with E-state index in [1.807, 2.05) is 22.8 Å². The van der Waals surface area contributed by atoms with Crippen molar-refractivity contribution in [2.75, 3.05) is 26.7 Å². The van der Waals surface area contributed by atoms with Gasteiger partial charge in [0.15, 0.2) is 0 Å². The van der Waals surface area contributed by atoms with Crippen molar-refractivity contribution in [1.82, 2.24) is 19.5 Å². The van der Waals surface area contributed by atoms with Crippen LogP contribution in [0.5, 0.6) is 5.75 Å². The number of likely N-dealkylation sites (N-methyl/N-ethyl adjacent to an activating group) is 1. The van der Waals surface area contributed by atoms with E-state index in [0.29, 0.717) is 6.61 Å². The molecule has 0 saturated heterocycles. The molecule has 0 fully saturated rings. The van der Waals surface area contributed by atoms with Crippen LogP contribution in [0.3, 0.4) is 0 Å². The molecule has 2 heterocycles. The van der Waals surface area contributed by atoms with Gasteiger partial charge in [-0.2, -0.15) is 5.10 Å². The average molecular weight is 324 g/mol. The third-order valence-electron chi connectivity index (χ3n) is 4.02. The summed E-state index contributed by atoms with van der Waals surface area (Å²) < 4.78 is 7.72. The number of nitrogens with zero attached hydrogens (tertiary/aromatic N) is 4. The van der Waals surface area contributed by atoms with Gasteiger partial charge in [-0.3, -0.25) is 0 Å². The van der Waals surface area contributed by atoms with Gasteiger partial charge >= 0.3 is 0 Å². The molecule has 0 aliphatic carbocycles. The Labute approximate surface area is 142 Å². The van der Waals surface area contributed by atoms with Gasteiger partial charge in [0.2, 0.25) is 0 Å². The fraction of sp³-hybridized carbons (Fsp3) is 0.368. The molecule has 3 rings (SSSR count). The Balaban J connectivity index is 1.80. The van der Waals surface area contributed by atoms with Crippen molar-refractivity contribution >= 4 is 5.52 Å². The molecule has 3 aromatic rings. The van der Waals surface area contributed by atoms with Crippen molar-refractivity contribution in [2.24, 2.45) is 0 Å². The summed E-state index contributed by atoms with van der Waals surface area (Å²) in [6, 6.07) is 10.4. The van der Waals surface area contributed by atoms with Gasteiger partial charge in [-0.15, -0.1) is 0 Å². The Morgan fingerprint density at radius 1 is 1.21 bits per heavy atom. The van der Waals surface area contributed by atoms with Gasteiger partial charge in [0.1, 0.15) is 18.7 Å². The highest BCUT2D eigenvalue weighted by molar-refractivity contribution is 5.77. The molecule has 0 radical (unpaired) electrons. The second kappa shape index (κ2) is 7.45. The highest BCUT2D eigenvalue weighted by Gasteiger charge is 2.10. The lowest BCUT2D eigenvalue weighted by atomic mass is 10.1. The van der Waals surface area contributed by atoms with E-state index in [0.717, 1.165) is 42.0 Å². The first-order valence-corrected chi connectivity index (χ1v) is 8.39. The summed E-state index contributed by atoms with van der Waals surface area (Å²) in [4.78, 5) is 6.74. The van der Waals surface area contributed by atoms with Gasteiger partial charge in [0.05, 0.1) is 17.4 Å². The van der Waals surface area contributed by atoms with Crippen molar-refractivity contribution in [3.63, 3.8) is 0 Å². The zero-order valence-electron chi connectivity index (χ0n) is 14.6. The maximum atomic E-state index is 5.89. The van der Waals surface area contributed by atoms with Crippen LogP contribution in [0.2, 0.25) is 0 Å². The molecule has 5 heteroatoms. The zero-order valence-corrected chi connectivity index (χ0v) is 14.6. The molecule has 0 aliphatic heterocycles. The fourth-order valence-corrected chi connectivity index (χ4v) is 2.81. The van der Waals surface area contributed by atoms with E-state index >= 15 is 0 Å². The molecule has 5 nitrogen and oxygen atoms in total. The first-order chi connectivity index (χ1) is 11.7. The second-order valence-corrected chi connectivity index (χ2v) is 6.14. The normalized spacial score (nSPS) is 11.3. The van der Waals surface area contributed by atoms with Gasteiger partial charge in [0.25, 0.3) is 0 Å². The van der Waals surface area contributed by atoms with E-state index < -0.39 is 0 Å². The molecular weight excluding hydrogens is 300 g/mol. The number of aryl methyl sites for hydroxylation is 1. The van der Waals surface area contributed by atoms with Crippen LogP contribution in [0, 0.1) is 6.92 Å². The third kappa shape index (κ3) is 3.74. The van der Waals surface area contributed by atoms with Crippen LogP contribution in [0.1, 0.15) is 18.9 Å². The van der Waals surface area contributed by atoms with Crippen molar-refractivity contribution in [3.8, 4) is 17.0 Å². The van der Waals surface area contributed by atoms with E-state index in [1.54, 1.807) is 6.33 Å². The minimum absolute atomic E-state index is 0.667. The molecule has 24 heavy (non-hydrogen) atoms. The molecule has 0 atom stereocenters. The highest BCUT2D eigenvalue weighted by atomic mass is 16.5. The number of rotatable bonds is 7. The van der Waals surface area contributed by atoms with Crippen LogP contribution >= 0.6 is 0 Å². The Bertz CT molecular complexity index is 812. The fourth-order valence-electron chi connectivity index (χ4n) is 2.81. The summed E-state index contributed by atoms with van der Waals surface area (Å²) in [7, 11) is 2.12. The first kappa shape index (κ1) is 16.5. The molecule has 0 amide bonds. The molecule has 0 bridgehead atoms. The van der Waals surface area contributed by atoms with Crippen LogP contribution in [-0.4, -0.2) is 46.2 Å². The summed E-state index contributed by atoms with van der Waals surface area (Å²) >= 11 is 0. The van der Waals surface area contributed by atoms with E-state index in [-0.39, 0.29) is 0 Å². The summed E-state index contributed by atoms with van der Waals surface area (Å²) in [5, 5.41) is 4.30. The van der Waals surface area contributed by atoms with Gasteiger partial charge < -0.3 is 9.64 Å². The van der Waals surface area contributed by atoms with Gasteiger partial charge in [-0.05, 0) is 33.0 Å². The van der Waals surface area contributed by atoms with Crippen molar-refractivity contribution in [1.29, 1.82) is 0 Å². The molecule has 0 unspecified atom stereocenters. The predicted octanol–water partition coefficient (Wildman–Crippen LogP) is 3.43. The Morgan fingerprint density at radius 2 is 2.08 bits per heavy atom. The van der Waals surface area contributed by atoms with Crippen molar-refractivity contribution in [3.05, 3.63) is 48.4 Å². The number of ether oxygens (including phenoxy) is 1. The molecule has 0 spiro atoms. The molecule has 126 valence electrons. The van der Waals surface area contributed by atoms with Crippen LogP contribution in [0.25, 0.3) is 16.8 Å². The quantitative estimate of drug-likeness (QED) is 0.668. The summed E-state index contributed by atoms with van der Waals surface area (Å²) in [5.74, 6) is 0.828. The minimum Gasteiger partial charge on any atom is -0.491 e. The summed E-state index contributed by atoms with van der Waals surface area (Å²) in [6.07, 6.45) is 4.65. The van der Waals surface area contributed by atoms with Gasteiger partial charge in [-0.1, -0.05) is 30.7 Å². The molecule has 1 aromatic carbocycles. The maximum absolute atomic E-state index is 5.89. The highest BCUT2D eigenvalue weighted by Crippen LogP contribution is 2.26. The number of aromatic nitrogens is 3. The number of fused-ring (bicyclic) bond motifs is 1. The zero-order chi connectivity index (χ0) is 16.9. The van der Waals surface area contributed by atoms with Crippen LogP contribution in [0.15, 0.2) is 42.9 Å². The van der Waals surface area contributed by atoms with E-state index in [9.17, 15) is 0 Å². The van der Waals surface area contributed by atoms with Gasteiger partial charge in [0, 0.05) is 18.2 Å². The monoisotopic (exact) mass is 324 g/mol. The van der Waals surface area contributed by atoms with E-state index in [1.165, 1.54) is 5.56 Å². The van der Waals surface area contributed by atoms with Crippen LogP contribution in [0.4, 0.5) is 0 Å². The Kier molecular flexibility index (Phi) is 5.11. The van der Waals surface area contributed by atoms with Crippen molar-refractivity contribution < 1.29 is 4.74 Å². The van der Waals surface area contributed by atoms with Crippen molar-refractivity contribution in [2.45, 2.75) is 20.3 Å². The topological polar surface area (TPSA) is 42.7 Å². The lowest BCUT2D eigenvalue weighted by molar-refractivity contribution is 0.238. The number of hydrogen-bond donors (Lipinski definition) is 0. The lowest BCUT2D eigenvalue weighted by Gasteiger charge is -2.14. The third-order valence-corrected chi connectivity index (χ3v) is 4.02. The maximum Gasteiger partial charge on any atom is 0.139 e. The first-order valence-electron chi connectivity index (χ1n) is 8.39. The molecular formula is C19H24N4O. The standard InChI is InChI=1S/C19H24N4O/c1-4-8-22(3)9-10-24-17-12-18-19(20-14-21-23(18)13-17)16-7-5-6-15(2)11-16/h5-7,11-14H,4,8-10H2,1-3H3. The van der Waals surface area contributed by atoms with E-state index in [4.69, 9.17) is 4.74 Å². The summed E-state index contributed by atoms with van der Waals surface area (Å²) in [5.41, 5.74) is 4.19. The molecule has 0 saturated carbocycles. The molecule has 2 aromatic heterocycles. The number of hydrogen-bond acceptors (Lipinski definition) is 4. The molecule has 0 aliphatic rings.